The number of rotatable bonds is 8. The predicted octanol–water partition coefficient (Wildman–Crippen LogP) is 4.55. The van der Waals surface area contributed by atoms with Crippen LogP contribution in [0.5, 0.6) is 0 Å². The molecule has 4 nitrogen and oxygen atoms in total. The number of aliphatic imine (C=N–C) groups is 1. The van der Waals surface area contributed by atoms with Gasteiger partial charge in [0.05, 0.1) is 6.54 Å². The number of guanidine groups is 1. The van der Waals surface area contributed by atoms with Gasteiger partial charge in [-0.1, -0.05) is 29.8 Å². The first-order valence-electron chi connectivity index (χ1n) is 8.43. The fraction of sp³-hybridized carbons (Fsp3) is 0.368. The maximum absolute atomic E-state index is 6.11. The summed E-state index contributed by atoms with van der Waals surface area (Å²) in [6, 6.07) is 14.0. The topological polar surface area (TPSA) is 49.3 Å². The van der Waals surface area contributed by atoms with Crippen molar-refractivity contribution < 1.29 is 0 Å². The van der Waals surface area contributed by atoms with E-state index >= 15 is 0 Å². The molecular weight excluding hydrogens is 479 g/mol. The van der Waals surface area contributed by atoms with E-state index < -0.39 is 0 Å². The third-order valence-electron chi connectivity index (χ3n) is 3.66. The van der Waals surface area contributed by atoms with Gasteiger partial charge in [0.1, 0.15) is 0 Å². The molecule has 2 aromatic rings. The second-order valence-electron chi connectivity index (χ2n) is 5.50. The summed E-state index contributed by atoms with van der Waals surface area (Å²) in [7, 11) is 0. The third-order valence-corrected chi connectivity index (χ3v) is 4.89. The summed E-state index contributed by atoms with van der Waals surface area (Å²) in [5.74, 6) is 0.833. The molecule has 0 spiro atoms. The van der Waals surface area contributed by atoms with E-state index in [0.717, 1.165) is 36.2 Å². The van der Waals surface area contributed by atoms with Crippen LogP contribution in [0, 0.1) is 0 Å². The highest BCUT2D eigenvalue weighted by Gasteiger charge is 2.10. The Hall–Kier alpha value is -0.990. The highest BCUT2D eigenvalue weighted by atomic mass is 127. The molecule has 0 aliphatic heterocycles. The van der Waals surface area contributed by atoms with Crippen molar-refractivity contribution >= 4 is 53.3 Å². The van der Waals surface area contributed by atoms with Crippen molar-refractivity contribution in [3.63, 3.8) is 0 Å². The van der Waals surface area contributed by atoms with E-state index in [-0.39, 0.29) is 29.2 Å². The molecule has 0 aliphatic rings. The second kappa shape index (κ2) is 13.2. The van der Waals surface area contributed by atoms with E-state index in [1.807, 2.05) is 42.6 Å². The summed E-state index contributed by atoms with van der Waals surface area (Å²) in [6.07, 6.45) is 4.79. The van der Waals surface area contributed by atoms with Gasteiger partial charge in [-0.2, -0.15) is 11.8 Å². The van der Waals surface area contributed by atoms with Gasteiger partial charge in [-0.3, -0.25) is 9.98 Å². The van der Waals surface area contributed by atoms with Crippen LogP contribution in [-0.4, -0.2) is 36.8 Å². The molecule has 0 aliphatic carbocycles. The number of hydrogen-bond donors (Lipinski definition) is 2. The van der Waals surface area contributed by atoms with Gasteiger partial charge < -0.3 is 10.6 Å². The van der Waals surface area contributed by atoms with Crippen molar-refractivity contribution in [3.8, 4) is 0 Å². The Bertz CT molecular complexity index is 670. The lowest BCUT2D eigenvalue weighted by molar-refractivity contribution is 0.784. The predicted molar refractivity (Wildman–Crippen MR) is 125 cm³/mol. The lowest BCUT2D eigenvalue weighted by atomic mass is 10.1. The molecule has 0 bridgehead atoms. The van der Waals surface area contributed by atoms with E-state index in [1.165, 1.54) is 5.56 Å². The molecular formula is C19H26ClIN4S. The van der Waals surface area contributed by atoms with Gasteiger partial charge in [0, 0.05) is 41.7 Å². The van der Waals surface area contributed by atoms with E-state index in [2.05, 4.69) is 34.9 Å². The number of thioether (sulfide) groups is 1. The Morgan fingerprint density at radius 1 is 1.23 bits per heavy atom. The quantitative estimate of drug-likeness (QED) is 0.314. The number of nitrogens with zero attached hydrogens (tertiary/aromatic N) is 2. The minimum atomic E-state index is 0. The van der Waals surface area contributed by atoms with Crippen LogP contribution >= 0.6 is 47.3 Å². The summed E-state index contributed by atoms with van der Waals surface area (Å²) in [5.41, 5.74) is 2.28. The Morgan fingerprint density at radius 3 is 2.73 bits per heavy atom. The summed E-state index contributed by atoms with van der Waals surface area (Å²) in [5, 5.41) is 7.72. The molecule has 1 heterocycles. The first kappa shape index (κ1) is 23.0. The molecule has 0 fully saturated rings. The van der Waals surface area contributed by atoms with Gasteiger partial charge in [0.2, 0.25) is 0 Å². The lowest BCUT2D eigenvalue weighted by Crippen LogP contribution is -2.38. The lowest BCUT2D eigenvalue weighted by Gasteiger charge is -2.15. The van der Waals surface area contributed by atoms with Crippen LogP contribution in [-0.2, 0) is 6.42 Å². The fourth-order valence-electron chi connectivity index (χ4n) is 2.39. The number of nitrogens with one attached hydrogen (secondary N) is 2. The van der Waals surface area contributed by atoms with Crippen LogP contribution in [0.15, 0.2) is 53.7 Å². The zero-order chi connectivity index (χ0) is 17.9. The van der Waals surface area contributed by atoms with Crippen molar-refractivity contribution in [2.24, 2.45) is 4.99 Å². The molecule has 2 rings (SSSR count). The van der Waals surface area contributed by atoms with Crippen molar-refractivity contribution in [2.75, 3.05) is 25.9 Å². The van der Waals surface area contributed by atoms with Gasteiger partial charge in [-0.25, -0.2) is 0 Å². The Morgan fingerprint density at radius 2 is 2.08 bits per heavy atom. The Kier molecular flexibility index (Phi) is 11.7. The maximum atomic E-state index is 6.11. The highest BCUT2D eigenvalue weighted by molar-refractivity contribution is 14.0. The maximum Gasteiger partial charge on any atom is 0.191 e. The zero-order valence-corrected chi connectivity index (χ0v) is 19.0. The van der Waals surface area contributed by atoms with Crippen LogP contribution < -0.4 is 10.6 Å². The van der Waals surface area contributed by atoms with Crippen LogP contribution in [0.4, 0.5) is 0 Å². The second-order valence-corrected chi connectivity index (χ2v) is 6.97. The molecule has 0 saturated carbocycles. The van der Waals surface area contributed by atoms with E-state index in [4.69, 9.17) is 16.6 Å². The first-order chi connectivity index (χ1) is 12.2. The first-order valence-corrected chi connectivity index (χ1v) is 10.1. The minimum absolute atomic E-state index is 0. The normalized spacial score (nSPS) is 12.2. The van der Waals surface area contributed by atoms with Gasteiger partial charge in [0.25, 0.3) is 0 Å². The smallest absolute Gasteiger partial charge is 0.191 e. The summed E-state index contributed by atoms with van der Waals surface area (Å²) in [6.45, 7) is 4.39. The minimum Gasteiger partial charge on any atom is -0.357 e. The van der Waals surface area contributed by atoms with Crippen molar-refractivity contribution in [1.29, 1.82) is 0 Å². The molecule has 0 radical (unpaired) electrons. The van der Waals surface area contributed by atoms with Crippen LogP contribution in [0.3, 0.4) is 0 Å². The average molecular weight is 505 g/mol. The Labute approximate surface area is 182 Å². The average Bonchev–Trinajstić information content (AvgIpc) is 2.63. The van der Waals surface area contributed by atoms with Crippen molar-refractivity contribution in [2.45, 2.75) is 18.6 Å². The van der Waals surface area contributed by atoms with Crippen molar-refractivity contribution in [1.82, 2.24) is 15.6 Å². The number of benzene rings is 1. The van der Waals surface area contributed by atoms with Crippen molar-refractivity contribution in [3.05, 3.63) is 64.9 Å². The monoisotopic (exact) mass is 504 g/mol. The summed E-state index contributed by atoms with van der Waals surface area (Å²) in [4.78, 5) is 9.07. The zero-order valence-electron chi connectivity index (χ0n) is 15.1. The number of halogens is 2. The van der Waals surface area contributed by atoms with Gasteiger partial charge >= 0.3 is 0 Å². The molecule has 142 valence electrons. The highest BCUT2D eigenvalue weighted by Crippen LogP contribution is 2.28. The summed E-state index contributed by atoms with van der Waals surface area (Å²) >= 11 is 7.89. The number of aromatic nitrogens is 1. The number of hydrogen-bond acceptors (Lipinski definition) is 3. The van der Waals surface area contributed by atoms with Crippen LogP contribution in [0.2, 0.25) is 5.02 Å². The molecule has 1 unspecified atom stereocenters. The molecule has 26 heavy (non-hydrogen) atoms. The molecule has 0 saturated heterocycles. The largest absolute Gasteiger partial charge is 0.357 e. The Balaban J connectivity index is 0.00000338. The van der Waals surface area contributed by atoms with Gasteiger partial charge in [-0.15, -0.1) is 24.0 Å². The van der Waals surface area contributed by atoms with E-state index in [1.54, 1.807) is 11.8 Å². The summed E-state index contributed by atoms with van der Waals surface area (Å²) < 4.78 is 0. The van der Waals surface area contributed by atoms with Gasteiger partial charge in [-0.05, 0) is 43.0 Å². The van der Waals surface area contributed by atoms with E-state index in [0.29, 0.717) is 6.54 Å². The fourth-order valence-corrected chi connectivity index (χ4v) is 3.23. The molecule has 7 heteroatoms. The third kappa shape index (κ3) is 8.14. The molecule has 1 aromatic heterocycles. The van der Waals surface area contributed by atoms with Crippen LogP contribution in [0.25, 0.3) is 0 Å². The SMILES string of the molecule is CCNC(=NCC(SC)c1cccc(Cl)c1)NCCc1ccccn1.I. The standard InChI is InChI=1S/C19H25ClN4S.HI/c1-3-21-19(23-12-10-17-9-4-5-11-22-17)24-14-18(25-2)15-7-6-8-16(20)13-15;/h4-9,11,13,18H,3,10,12,14H2,1-2H3,(H2,21,23,24);1H. The molecule has 2 N–H and O–H groups in total. The molecule has 1 atom stereocenters. The van der Waals surface area contributed by atoms with Crippen LogP contribution in [0.1, 0.15) is 23.4 Å². The van der Waals surface area contributed by atoms with Gasteiger partial charge in [0.15, 0.2) is 5.96 Å². The van der Waals surface area contributed by atoms with E-state index in [9.17, 15) is 0 Å². The molecule has 1 aromatic carbocycles. The number of pyridine rings is 1. The molecule has 0 amide bonds.